The summed E-state index contributed by atoms with van der Waals surface area (Å²) in [5, 5.41) is 8.77. The van der Waals surface area contributed by atoms with Crippen LogP contribution < -0.4 is 4.74 Å². The van der Waals surface area contributed by atoms with Gasteiger partial charge in [-0.1, -0.05) is 36.1 Å². The Bertz CT molecular complexity index is 624. The summed E-state index contributed by atoms with van der Waals surface area (Å²) in [6, 6.07) is 6.84. The summed E-state index contributed by atoms with van der Waals surface area (Å²) < 4.78 is 5.76. The Morgan fingerprint density at radius 1 is 1.43 bits per heavy atom. The number of carboxylic acids is 1. The third kappa shape index (κ3) is 3.62. The zero-order valence-corrected chi connectivity index (χ0v) is 13.0. The van der Waals surface area contributed by atoms with Crippen LogP contribution in [0.3, 0.4) is 0 Å². The highest BCUT2D eigenvalue weighted by atomic mass is 32.2. The number of carboxylic acid groups (broad SMARTS) is 1. The summed E-state index contributed by atoms with van der Waals surface area (Å²) >= 11 is 6.31. The summed E-state index contributed by atoms with van der Waals surface area (Å²) in [5.74, 6) is -0.680. The van der Waals surface area contributed by atoms with E-state index in [4.69, 9.17) is 22.1 Å². The van der Waals surface area contributed by atoms with E-state index < -0.39 is 12.1 Å². The third-order valence-electron chi connectivity index (χ3n) is 2.83. The maximum atomic E-state index is 11.9. The van der Waals surface area contributed by atoms with Crippen LogP contribution in [0.5, 0.6) is 5.75 Å². The molecule has 1 N–H and O–H groups in total. The Hall–Kier alpha value is -1.86. The van der Waals surface area contributed by atoms with E-state index in [9.17, 15) is 9.59 Å². The van der Waals surface area contributed by atoms with E-state index in [1.165, 1.54) is 23.6 Å². The van der Waals surface area contributed by atoms with Gasteiger partial charge in [0.15, 0.2) is 6.10 Å². The molecule has 1 aromatic rings. The molecule has 0 aliphatic carbocycles. The minimum absolute atomic E-state index is 0.121. The number of rotatable bonds is 4. The molecule has 110 valence electrons. The molecule has 21 heavy (non-hydrogen) atoms. The van der Waals surface area contributed by atoms with E-state index >= 15 is 0 Å². The molecule has 1 aliphatic heterocycles. The Morgan fingerprint density at radius 2 is 2.05 bits per heavy atom. The molecule has 0 saturated carbocycles. The second kappa shape index (κ2) is 6.28. The van der Waals surface area contributed by atoms with Crippen molar-refractivity contribution in [1.82, 2.24) is 4.90 Å². The number of nitrogens with zero attached hydrogens (tertiary/aromatic N) is 1. The molecule has 1 aromatic carbocycles. The van der Waals surface area contributed by atoms with Gasteiger partial charge in [-0.3, -0.25) is 9.69 Å². The quantitative estimate of drug-likeness (QED) is 0.678. The summed E-state index contributed by atoms with van der Waals surface area (Å²) in [5.41, 5.74) is 0.819. The number of carbonyl (C=O) groups excluding carboxylic acids is 1. The normalized spacial score (nSPS) is 18.2. The molecule has 1 unspecified atom stereocenters. The second-order valence-corrected chi connectivity index (χ2v) is 6.08. The minimum atomic E-state index is -1.02. The van der Waals surface area contributed by atoms with Gasteiger partial charge in [0.2, 0.25) is 0 Å². The third-order valence-corrected chi connectivity index (χ3v) is 4.31. The molecular weight excluding hydrogens is 310 g/mol. The van der Waals surface area contributed by atoms with Gasteiger partial charge in [-0.05, 0) is 30.7 Å². The zero-order valence-electron chi connectivity index (χ0n) is 11.4. The minimum Gasteiger partial charge on any atom is -0.479 e. The molecule has 0 spiro atoms. The predicted octanol–water partition coefficient (Wildman–Crippen LogP) is 2.37. The fourth-order valence-corrected chi connectivity index (χ4v) is 2.77. The Labute approximate surface area is 131 Å². The Balaban J connectivity index is 2.11. The molecule has 1 amide bonds. The number of benzene rings is 1. The number of carbonyl (C=O) groups is 2. The average Bonchev–Trinajstić information content (AvgIpc) is 2.68. The van der Waals surface area contributed by atoms with Crippen LogP contribution in [0.1, 0.15) is 12.5 Å². The van der Waals surface area contributed by atoms with Crippen molar-refractivity contribution >= 4 is 46.3 Å². The van der Waals surface area contributed by atoms with Crippen LogP contribution in [0.15, 0.2) is 29.2 Å². The lowest BCUT2D eigenvalue weighted by Gasteiger charge is -2.10. The summed E-state index contributed by atoms with van der Waals surface area (Å²) in [4.78, 5) is 24.6. The van der Waals surface area contributed by atoms with Crippen LogP contribution >= 0.6 is 24.0 Å². The van der Waals surface area contributed by atoms with Crippen molar-refractivity contribution in [2.45, 2.75) is 13.0 Å². The maximum absolute atomic E-state index is 11.9. The van der Waals surface area contributed by atoms with Crippen molar-refractivity contribution in [3.05, 3.63) is 34.7 Å². The van der Waals surface area contributed by atoms with Crippen LogP contribution in [0.25, 0.3) is 6.08 Å². The van der Waals surface area contributed by atoms with Crippen molar-refractivity contribution in [2.24, 2.45) is 0 Å². The summed E-state index contributed by atoms with van der Waals surface area (Å²) in [6.07, 6.45) is 0.833. The van der Waals surface area contributed by atoms with Crippen molar-refractivity contribution in [1.29, 1.82) is 0 Å². The molecule has 5 nitrogen and oxygen atoms in total. The standard InChI is InChI=1S/C14H13NO4S2/c1-8(13(17)18)19-10-5-3-9(4-6-10)7-11-12(16)15(2)14(20)21-11/h3-8H,1-2H3,(H,17,18)/b11-7+. The van der Waals surface area contributed by atoms with Gasteiger partial charge in [-0.2, -0.15) is 0 Å². The van der Waals surface area contributed by atoms with Crippen LogP contribution in [-0.4, -0.2) is 39.4 Å². The van der Waals surface area contributed by atoms with Crippen LogP contribution in [-0.2, 0) is 9.59 Å². The van der Waals surface area contributed by atoms with Gasteiger partial charge in [0, 0.05) is 7.05 Å². The van der Waals surface area contributed by atoms with Crippen LogP contribution in [0.2, 0.25) is 0 Å². The van der Waals surface area contributed by atoms with E-state index in [1.807, 2.05) is 0 Å². The van der Waals surface area contributed by atoms with Crippen molar-refractivity contribution in [3.8, 4) is 5.75 Å². The first-order chi connectivity index (χ1) is 9.88. The second-order valence-electron chi connectivity index (χ2n) is 4.41. The number of thiocarbonyl (C=S) groups is 1. The highest BCUT2D eigenvalue weighted by molar-refractivity contribution is 8.26. The van der Waals surface area contributed by atoms with Gasteiger partial charge >= 0.3 is 5.97 Å². The molecule has 1 saturated heterocycles. The molecule has 2 rings (SSSR count). The van der Waals surface area contributed by atoms with E-state index in [2.05, 4.69) is 0 Å². The smallest absolute Gasteiger partial charge is 0.344 e. The largest absolute Gasteiger partial charge is 0.479 e. The number of hydrogen-bond acceptors (Lipinski definition) is 5. The first-order valence-corrected chi connectivity index (χ1v) is 7.32. The lowest BCUT2D eigenvalue weighted by atomic mass is 10.2. The fourth-order valence-electron chi connectivity index (χ4n) is 1.59. The molecule has 1 aliphatic rings. The number of thioether (sulfide) groups is 1. The highest BCUT2D eigenvalue weighted by Crippen LogP contribution is 2.31. The molecule has 1 atom stereocenters. The molecule has 0 radical (unpaired) electrons. The van der Waals surface area contributed by atoms with Crippen molar-refractivity contribution in [3.63, 3.8) is 0 Å². The van der Waals surface area contributed by atoms with Crippen LogP contribution in [0.4, 0.5) is 0 Å². The number of likely N-dealkylation sites (N-methyl/N-ethyl adjacent to an activating group) is 1. The monoisotopic (exact) mass is 323 g/mol. The average molecular weight is 323 g/mol. The maximum Gasteiger partial charge on any atom is 0.344 e. The number of aliphatic carboxylic acids is 1. The molecule has 1 heterocycles. The van der Waals surface area contributed by atoms with Gasteiger partial charge in [0.05, 0.1) is 4.91 Å². The fraction of sp³-hybridized carbons (Fsp3) is 0.214. The summed E-state index contributed by atoms with van der Waals surface area (Å²) in [6.45, 7) is 1.46. The van der Waals surface area contributed by atoms with Gasteiger partial charge in [-0.25, -0.2) is 4.79 Å². The topological polar surface area (TPSA) is 66.8 Å². The predicted molar refractivity (Wildman–Crippen MR) is 85.1 cm³/mol. The molecule has 7 heteroatoms. The molecule has 0 aromatic heterocycles. The van der Waals surface area contributed by atoms with Gasteiger partial charge < -0.3 is 9.84 Å². The summed E-state index contributed by atoms with van der Waals surface area (Å²) in [7, 11) is 1.64. The number of ether oxygens (including phenoxy) is 1. The van der Waals surface area contributed by atoms with E-state index in [-0.39, 0.29) is 5.91 Å². The van der Waals surface area contributed by atoms with E-state index in [0.717, 1.165) is 5.56 Å². The first-order valence-electron chi connectivity index (χ1n) is 6.09. The van der Waals surface area contributed by atoms with Crippen molar-refractivity contribution in [2.75, 3.05) is 7.05 Å². The van der Waals surface area contributed by atoms with E-state index in [1.54, 1.807) is 37.4 Å². The number of hydrogen-bond donors (Lipinski definition) is 1. The van der Waals surface area contributed by atoms with E-state index in [0.29, 0.717) is 15.0 Å². The van der Waals surface area contributed by atoms with Crippen molar-refractivity contribution < 1.29 is 19.4 Å². The number of amides is 1. The zero-order chi connectivity index (χ0) is 15.6. The molecular formula is C14H13NO4S2. The SMILES string of the molecule is CC(Oc1ccc(/C=C2/SC(=S)N(C)C2=O)cc1)C(=O)O. The Kier molecular flexibility index (Phi) is 4.64. The lowest BCUT2D eigenvalue weighted by Crippen LogP contribution is -2.22. The van der Waals surface area contributed by atoms with Crippen LogP contribution in [0, 0.1) is 0 Å². The van der Waals surface area contributed by atoms with Gasteiger partial charge in [0.25, 0.3) is 5.91 Å². The highest BCUT2D eigenvalue weighted by Gasteiger charge is 2.28. The Morgan fingerprint density at radius 3 is 2.52 bits per heavy atom. The lowest BCUT2D eigenvalue weighted by molar-refractivity contribution is -0.144. The molecule has 1 fully saturated rings. The van der Waals surface area contributed by atoms with Gasteiger partial charge in [-0.15, -0.1) is 0 Å². The first kappa shape index (κ1) is 15.5. The molecule has 0 bridgehead atoms. The van der Waals surface area contributed by atoms with Gasteiger partial charge in [0.1, 0.15) is 10.1 Å².